The van der Waals surface area contributed by atoms with Crippen LogP contribution >= 0.6 is 0 Å². The minimum Gasteiger partial charge on any atom is -0.356 e. The second-order valence-corrected chi connectivity index (χ2v) is 3.82. The van der Waals surface area contributed by atoms with Crippen molar-refractivity contribution in [3.63, 3.8) is 0 Å². The predicted octanol–water partition coefficient (Wildman–Crippen LogP) is 0.998. The van der Waals surface area contributed by atoms with E-state index >= 15 is 0 Å². The molecule has 76 valence electrons. The predicted molar refractivity (Wildman–Crippen MR) is 53.6 cm³/mol. The first kappa shape index (κ1) is 10.5. The highest BCUT2D eigenvalue weighted by molar-refractivity contribution is 5.77. The number of hydrogen-bond acceptors (Lipinski definition) is 2. The molecule has 0 radical (unpaired) electrons. The van der Waals surface area contributed by atoms with Crippen LogP contribution < -0.4 is 5.32 Å². The summed E-state index contributed by atoms with van der Waals surface area (Å²) in [5.74, 6) is 0.204. The van der Waals surface area contributed by atoms with Crippen molar-refractivity contribution in [1.29, 1.82) is 0 Å². The van der Waals surface area contributed by atoms with Gasteiger partial charge in [0.1, 0.15) is 0 Å². The lowest BCUT2D eigenvalue weighted by Gasteiger charge is -2.20. The SMILES string of the molecule is CN1CCCCC1.O=C1CCCN1. The summed E-state index contributed by atoms with van der Waals surface area (Å²) in [6.45, 7) is 3.53. The van der Waals surface area contributed by atoms with Gasteiger partial charge in [-0.25, -0.2) is 0 Å². The van der Waals surface area contributed by atoms with E-state index < -0.39 is 0 Å². The van der Waals surface area contributed by atoms with Gasteiger partial charge in [-0.1, -0.05) is 6.42 Å². The van der Waals surface area contributed by atoms with Gasteiger partial charge in [-0.2, -0.15) is 0 Å². The highest BCUT2D eigenvalue weighted by atomic mass is 16.1. The molecule has 0 aromatic heterocycles. The second kappa shape index (κ2) is 5.97. The van der Waals surface area contributed by atoms with Gasteiger partial charge in [0.2, 0.25) is 5.91 Å². The summed E-state index contributed by atoms with van der Waals surface area (Å²) >= 11 is 0. The Morgan fingerprint density at radius 2 is 1.85 bits per heavy atom. The molecular formula is C10H20N2O. The van der Waals surface area contributed by atoms with Crippen LogP contribution in [0.1, 0.15) is 32.1 Å². The van der Waals surface area contributed by atoms with Gasteiger partial charge in [-0.05, 0) is 39.4 Å². The van der Waals surface area contributed by atoms with Crippen LogP contribution in [0.25, 0.3) is 0 Å². The monoisotopic (exact) mass is 184 g/mol. The minimum absolute atomic E-state index is 0.204. The first-order valence-corrected chi connectivity index (χ1v) is 5.24. The van der Waals surface area contributed by atoms with Gasteiger partial charge in [-0.3, -0.25) is 4.79 Å². The molecule has 2 aliphatic rings. The summed E-state index contributed by atoms with van der Waals surface area (Å²) in [6.07, 6.45) is 6.04. The van der Waals surface area contributed by atoms with Crippen LogP contribution in [0.3, 0.4) is 0 Å². The molecule has 2 rings (SSSR count). The highest BCUT2D eigenvalue weighted by Gasteiger charge is 2.05. The first-order chi connectivity index (χ1) is 6.29. The molecule has 2 aliphatic heterocycles. The third kappa shape index (κ3) is 4.88. The summed E-state index contributed by atoms with van der Waals surface area (Å²) < 4.78 is 0. The van der Waals surface area contributed by atoms with E-state index in [9.17, 15) is 4.79 Å². The van der Waals surface area contributed by atoms with Crippen molar-refractivity contribution in [3.8, 4) is 0 Å². The lowest BCUT2D eigenvalue weighted by molar-refractivity contribution is -0.119. The third-order valence-electron chi connectivity index (χ3n) is 2.48. The maximum atomic E-state index is 10.1. The topological polar surface area (TPSA) is 32.3 Å². The van der Waals surface area contributed by atoms with Gasteiger partial charge in [0.25, 0.3) is 0 Å². The Hall–Kier alpha value is -0.570. The zero-order valence-corrected chi connectivity index (χ0v) is 8.51. The summed E-state index contributed by atoms with van der Waals surface area (Å²) in [4.78, 5) is 12.5. The number of piperidine rings is 1. The fraction of sp³-hybridized carbons (Fsp3) is 0.900. The van der Waals surface area contributed by atoms with Gasteiger partial charge in [-0.15, -0.1) is 0 Å². The molecule has 2 heterocycles. The summed E-state index contributed by atoms with van der Waals surface area (Å²) in [7, 11) is 2.19. The molecule has 0 bridgehead atoms. The molecular weight excluding hydrogens is 164 g/mol. The number of hydrogen-bond donors (Lipinski definition) is 1. The Bertz CT molecular complexity index is 145. The van der Waals surface area contributed by atoms with Gasteiger partial charge in [0, 0.05) is 13.0 Å². The smallest absolute Gasteiger partial charge is 0.220 e. The molecule has 2 fully saturated rings. The lowest BCUT2D eigenvalue weighted by Crippen LogP contribution is -2.24. The van der Waals surface area contributed by atoms with Gasteiger partial charge >= 0.3 is 0 Å². The van der Waals surface area contributed by atoms with Gasteiger partial charge in [0.05, 0.1) is 0 Å². The summed E-state index contributed by atoms with van der Waals surface area (Å²) in [5, 5.41) is 2.68. The Balaban J connectivity index is 0.000000132. The van der Waals surface area contributed by atoms with Crippen LogP contribution in [0, 0.1) is 0 Å². The lowest BCUT2D eigenvalue weighted by atomic mass is 10.1. The minimum atomic E-state index is 0.204. The third-order valence-corrected chi connectivity index (χ3v) is 2.48. The number of carbonyl (C=O) groups excluding carboxylic acids is 1. The average molecular weight is 184 g/mol. The van der Waals surface area contributed by atoms with E-state index in [0.717, 1.165) is 19.4 Å². The molecule has 2 saturated heterocycles. The highest BCUT2D eigenvalue weighted by Crippen LogP contribution is 2.04. The van der Waals surface area contributed by atoms with Crippen molar-refractivity contribution in [3.05, 3.63) is 0 Å². The van der Waals surface area contributed by atoms with Gasteiger partial charge in [0.15, 0.2) is 0 Å². The number of nitrogens with one attached hydrogen (secondary N) is 1. The van der Waals surface area contributed by atoms with Gasteiger partial charge < -0.3 is 10.2 Å². The van der Waals surface area contributed by atoms with E-state index in [-0.39, 0.29) is 5.91 Å². The molecule has 1 amide bonds. The normalized spacial score (nSPS) is 23.3. The van der Waals surface area contributed by atoms with Crippen molar-refractivity contribution in [2.75, 3.05) is 26.7 Å². The quantitative estimate of drug-likeness (QED) is 0.609. The van der Waals surface area contributed by atoms with Crippen LogP contribution in [0.5, 0.6) is 0 Å². The molecule has 0 aromatic carbocycles. The van der Waals surface area contributed by atoms with Crippen molar-refractivity contribution < 1.29 is 4.79 Å². The van der Waals surface area contributed by atoms with E-state index in [1.54, 1.807) is 0 Å². The van der Waals surface area contributed by atoms with Crippen molar-refractivity contribution in [2.45, 2.75) is 32.1 Å². The zero-order valence-electron chi connectivity index (χ0n) is 8.51. The fourth-order valence-corrected chi connectivity index (χ4v) is 1.62. The molecule has 1 N–H and O–H groups in total. The molecule has 3 nitrogen and oxygen atoms in total. The number of amides is 1. The number of carbonyl (C=O) groups is 1. The first-order valence-electron chi connectivity index (χ1n) is 5.24. The Kier molecular flexibility index (Phi) is 4.83. The van der Waals surface area contributed by atoms with E-state index in [2.05, 4.69) is 17.3 Å². The molecule has 3 heteroatoms. The van der Waals surface area contributed by atoms with Crippen LogP contribution in [-0.4, -0.2) is 37.5 Å². The Morgan fingerprint density at radius 3 is 2.08 bits per heavy atom. The molecule has 0 saturated carbocycles. The molecule has 0 spiro atoms. The number of likely N-dealkylation sites (tertiary alicyclic amines) is 1. The second-order valence-electron chi connectivity index (χ2n) is 3.82. The van der Waals surface area contributed by atoms with Crippen LogP contribution in [0.2, 0.25) is 0 Å². The van der Waals surface area contributed by atoms with E-state index in [1.165, 1.54) is 32.4 Å². The van der Waals surface area contributed by atoms with Crippen LogP contribution in [-0.2, 0) is 4.79 Å². The standard InChI is InChI=1S/C6H13N.C4H7NO/c1-7-5-3-2-4-6-7;6-4-2-1-3-5-4/h2-6H2,1H3;1-3H2,(H,5,6). The van der Waals surface area contributed by atoms with E-state index in [1.807, 2.05) is 0 Å². The number of rotatable bonds is 0. The molecule has 0 aromatic rings. The number of nitrogens with zero attached hydrogens (tertiary/aromatic N) is 1. The zero-order chi connectivity index (χ0) is 9.52. The van der Waals surface area contributed by atoms with Crippen LogP contribution in [0.4, 0.5) is 0 Å². The van der Waals surface area contributed by atoms with Crippen molar-refractivity contribution >= 4 is 5.91 Å². The van der Waals surface area contributed by atoms with E-state index in [0.29, 0.717) is 0 Å². The maximum Gasteiger partial charge on any atom is 0.220 e. The Morgan fingerprint density at radius 1 is 1.15 bits per heavy atom. The molecule has 13 heavy (non-hydrogen) atoms. The van der Waals surface area contributed by atoms with Crippen LogP contribution in [0.15, 0.2) is 0 Å². The summed E-state index contributed by atoms with van der Waals surface area (Å²) in [5.41, 5.74) is 0. The fourth-order valence-electron chi connectivity index (χ4n) is 1.62. The largest absolute Gasteiger partial charge is 0.356 e. The molecule has 0 unspecified atom stereocenters. The molecule has 0 aliphatic carbocycles. The molecule has 0 atom stereocenters. The Labute approximate surface area is 80.5 Å². The van der Waals surface area contributed by atoms with Crippen molar-refractivity contribution in [1.82, 2.24) is 10.2 Å². The van der Waals surface area contributed by atoms with Crippen molar-refractivity contribution in [2.24, 2.45) is 0 Å². The average Bonchev–Trinajstić information content (AvgIpc) is 2.58. The van der Waals surface area contributed by atoms with E-state index in [4.69, 9.17) is 0 Å². The maximum absolute atomic E-state index is 10.1. The summed E-state index contributed by atoms with van der Waals surface area (Å²) in [6, 6.07) is 0.